The SMILES string of the molecule is Cc1c(N)cnc(N2CCCCCCC2)c1Br. The van der Waals surface area contributed by atoms with Gasteiger partial charge in [0.05, 0.1) is 16.4 Å². The van der Waals surface area contributed by atoms with Gasteiger partial charge in [-0.1, -0.05) is 19.3 Å². The topological polar surface area (TPSA) is 42.1 Å². The number of rotatable bonds is 1. The van der Waals surface area contributed by atoms with Gasteiger partial charge in [0.1, 0.15) is 5.82 Å². The Morgan fingerprint density at radius 1 is 1.18 bits per heavy atom. The monoisotopic (exact) mass is 297 g/mol. The van der Waals surface area contributed by atoms with Crippen LogP contribution in [0.4, 0.5) is 11.5 Å². The quantitative estimate of drug-likeness (QED) is 0.862. The predicted octanol–water partition coefficient (Wildman–Crippen LogP) is 3.51. The van der Waals surface area contributed by atoms with Crippen LogP contribution in [0.2, 0.25) is 0 Å². The third kappa shape index (κ3) is 2.92. The van der Waals surface area contributed by atoms with Crippen molar-refractivity contribution in [3.05, 3.63) is 16.2 Å². The first-order chi connectivity index (χ1) is 8.20. The van der Waals surface area contributed by atoms with Gasteiger partial charge in [-0.25, -0.2) is 4.98 Å². The summed E-state index contributed by atoms with van der Waals surface area (Å²) in [6, 6.07) is 0. The van der Waals surface area contributed by atoms with Crippen LogP contribution in [0.1, 0.15) is 37.7 Å². The lowest BCUT2D eigenvalue weighted by Crippen LogP contribution is -2.28. The van der Waals surface area contributed by atoms with E-state index in [9.17, 15) is 0 Å². The fourth-order valence-corrected chi connectivity index (χ4v) is 2.84. The molecule has 0 atom stereocenters. The molecule has 2 rings (SSSR count). The molecule has 0 aliphatic carbocycles. The molecule has 3 nitrogen and oxygen atoms in total. The fourth-order valence-electron chi connectivity index (χ4n) is 2.26. The highest BCUT2D eigenvalue weighted by molar-refractivity contribution is 9.10. The van der Waals surface area contributed by atoms with Gasteiger partial charge < -0.3 is 10.6 Å². The van der Waals surface area contributed by atoms with Crippen LogP contribution in [0.3, 0.4) is 0 Å². The van der Waals surface area contributed by atoms with Crippen molar-refractivity contribution in [3.8, 4) is 0 Å². The Hall–Kier alpha value is -0.770. The first-order valence-corrected chi connectivity index (χ1v) is 7.15. The Morgan fingerprint density at radius 2 is 1.76 bits per heavy atom. The van der Waals surface area contributed by atoms with Crippen molar-refractivity contribution in [2.75, 3.05) is 23.7 Å². The second kappa shape index (κ2) is 5.71. The molecule has 94 valence electrons. The highest BCUT2D eigenvalue weighted by Crippen LogP contribution is 2.31. The van der Waals surface area contributed by atoms with Crippen molar-refractivity contribution in [2.24, 2.45) is 0 Å². The predicted molar refractivity (Wildman–Crippen MR) is 76.4 cm³/mol. The van der Waals surface area contributed by atoms with Crippen LogP contribution in [0, 0.1) is 6.92 Å². The maximum Gasteiger partial charge on any atom is 0.143 e. The fraction of sp³-hybridized carbons (Fsp3) is 0.615. The van der Waals surface area contributed by atoms with Crippen molar-refractivity contribution in [1.29, 1.82) is 0 Å². The van der Waals surface area contributed by atoms with Crippen LogP contribution in [-0.2, 0) is 0 Å². The van der Waals surface area contributed by atoms with Gasteiger partial charge in [-0.05, 0) is 41.3 Å². The van der Waals surface area contributed by atoms with Crippen LogP contribution >= 0.6 is 15.9 Å². The standard InChI is InChI=1S/C13H20BrN3/c1-10-11(15)9-16-13(12(10)14)17-7-5-3-2-4-6-8-17/h9H,2-8,15H2,1H3. The number of hydrogen-bond donors (Lipinski definition) is 1. The average molecular weight is 298 g/mol. The molecule has 0 bridgehead atoms. The van der Waals surface area contributed by atoms with E-state index in [-0.39, 0.29) is 0 Å². The van der Waals surface area contributed by atoms with Gasteiger partial charge in [0.2, 0.25) is 0 Å². The number of nitrogens with zero attached hydrogens (tertiary/aromatic N) is 2. The molecule has 2 heterocycles. The molecule has 0 spiro atoms. The molecule has 1 aromatic heterocycles. The van der Waals surface area contributed by atoms with Crippen molar-refractivity contribution >= 4 is 27.4 Å². The molecule has 0 saturated carbocycles. The third-order valence-corrected chi connectivity index (χ3v) is 4.39. The zero-order chi connectivity index (χ0) is 12.3. The van der Waals surface area contributed by atoms with E-state index in [2.05, 4.69) is 25.8 Å². The van der Waals surface area contributed by atoms with Gasteiger partial charge in [-0.3, -0.25) is 0 Å². The van der Waals surface area contributed by atoms with Gasteiger partial charge in [-0.15, -0.1) is 0 Å². The highest BCUT2D eigenvalue weighted by atomic mass is 79.9. The van der Waals surface area contributed by atoms with Crippen LogP contribution in [0.25, 0.3) is 0 Å². The van der Waals surface area contributed by atoms with Gasteiger partial charge in [0, 0.05) is 13.1 Å². The van der Waals surface area contributed by atoms with Crippen LogP contribution < -0.4 is 10.6 Å². The van der Waals surface area contributed by atoms with E-state index in [4.69, 9.17) is 5.73 Å². The van der Waals surface area contributed by atoms with E-state index >= 15 is 0 Å². The Morgan fingerprint density at radius 3 is 2.41 bits per heavy atom. The van der Waals surface area contributed by atoms with E-state index in [1.807, 2.05) is 6.92 Å². The first-order valence-electron chi connectivity index (χ1n) is 6.35. The van der Waals surface area contributed by atoms with E-state index in [1.165, 1.54) is 32.1 Å². The number of nitrogens with two attached hydrogens (primary N) is 1. The minimum Gasteiger partial charge on any atom is -0.397 e. The largest absolute Gasteiger partial charge is 0.397 e. The Balaban J connectivity index is 2.22. The lowest BCUT2D eigenvalue weighted by Gasteiger charge is -2.27. The van der Waals surface area contributed by atoms with Crippen molar-refractivity contribution in [3.63, 3.8) is 0 Å². The summed E-state index contributed by atoms with van der Waals surface area (Å²) in [5.41, 5.74) is 7.72. The zero-order valence-electron chi connectivity index (χ0n) is 10.4. The molecule has 17 heavy (non-hydrogen) atoms. The number of aromatic nitrogens is 1. The Kier molecular flexibility index (Phi) is 4.26. The van der Waals surface area contributed by atoms with Gasteiger partial charge in [0.25, 0.3) is 0 Å². The van der Waals surface area contributed by atoms with Gasteiger partial charge in [0.15, 0.2) is 0 Å². The number of nitrogen functional groups attached to an aromatic ring is 1. The summed E-state index contributed by atoms with van der Waals surface area (Å²) in [5, 5.41) is 0. The van der Waals surface area contributed by atoms with E-state index in [0.717, 1.165) is 34.6 Å². The second-order valence-electron chi connectivity index (χ2n) is 4.73. The molecule has 4 heteroatoms. The van der Waals surface area contributed by atoms with E-state index in [0.29, 0.717) is 0 Å². The summed E-state index contributed by atoms with van der Waals surface area (Å²) in [6.07, 6.45) is 8.34. The van der Waals surface area contributed by atoms with Crippen molar-refractivity contribution < 1.29 is 0 Å². The highest BCUT2D eigenvalue weighted by Gasteiger charge is 2.15. The molecule has 2 N–H and O–H groups in total. The van der Waals surface area contributed by atoms with E-state index < -0.39 is 0 Å². The molecule has 0 unspecified atom stereocenters. The van der Waals surface area contributed by atoms with Crippen LogP contribution in [0.5, 0.6) is 0 Å². The van der Waals surface area contributed by atoms with Gasteiger partial charge in [-0.2, -0.15) is 0 Å². The molecule has 1 aliphatic heterocycles. The molecular formula is C13H20BrN3. The number of anilines is 2. The maximum absolute atomic E-state index is 5.86. The average Bonchev–Trinajstić information content (AvgIpc) is 2.27. The molecule has 1 aliphatic rings. The Labute approximate surface area is 112 Å². The molecular weight excluding hydrogens is 278 g/mol. The molecule has 0 amide bonds. The second-order valence-corrected chi connectivity index (χ2v) is 5.52. The smallest absolute Gasteiger partial charge is 0.143 e. The Bertz CT molecular complexity index is 384. The minimum absolute atomic E-state index is 0.757. The summed E-state index contributed by atoms with van der Waals surface area (Å²) in [7, 11) is 0. The molecule has 1 fully saturated rings. The lowest BCUT2D eigenvalue weighted by molar-refractivity contribution is 0.553. The van der Waals surface area contributed by atoms with Crippen LogP contribution in [0.15, 0.2) is 10.7 Å². The summed E-state index contributed by atoms with van der Waals surface area (Å²) in [4.78, 5) is 6.87. The summed E-state index contributed by atoms with van der Waals surface area (Å²) in [5.74, 6) is 1.05. The number of pyridine rings is 1. The molecule has 0 radical (unpaired) electrons. The lowest BCUT2D eigenvalue weighted by atomic mass is 10.1. The zero-order valence-corrected chi connectivity index (χ0v) is 12.0. The number of hydrogen-bond acceptors (Lipinski definition) is 3. The normalized spacial score (nSPS) is 17.6. The summed E-state index contributed by atoms with van der Waals surface area (Å²) < 4.78 is 1.05. The maximum atomic E-state index is 5.86. The van der Waals surface area contributed by atoms with Crippen molar-refractivity contribution in [1.82, 2.24) is 4.98 Å². The molecule has 0 aromatic carbocycles. The molecule has 1 saturated heterocycles. The molecule has 1 aromatic rings. The number of halogens is 1. The minimum atomic E-state index is 0.757. The first kappa shape index (κ1) is 12.7. The summed E-state index contributed by atoms with van der Waals surface area (Å²) in [6.45, 7) is 4.25. The van der Waals surface area contributed by atoms with E-state index in [1.54, 1.807) is 6.20 Å². The van der Waals surface area contributed by atoms with Gasteiger partial charge >= 0.3 is 0 Å². The van der Waals surface area contributed by atoms with Crippen molar-refractivity contribution in [2.45, 2.75) is 39.0 Å². The summed E-state index contributed by atoms with van der Waals surface area (Å²) >= 11 is 3.63. The third-order valence-electron chi connectivity index (χ3n) is 3.44. The van der Waals surface area contributed by atoms with Crippen LogP contribution in [-0.4, -0.2) is 18.1 Å².